The lowest BCUT2D eigenvalue weighted by atomic mass is 10.0. The van der Waals surface area contributed by atoms with Crippen LogP contribution in [0, 0.1) is 5.92 Å². The lowest BCUT2D eigenvalue weighted by molar-refractivity contribution is -0.143. The molecule has 0 aromatic heterocycles. The van der Waals surface area contributed by atoms with Gasteiger partial charge >= 0.3 is 5.97 Å². The first-order valence-electron chi connectivity index (χ1n) is 6.87. The Labute approximate surface area is 117 Å². The maximum Gasteiger partial charge on any atom is 0.325 e. The summed E-state index contributed by atoms with van der Waals surface area (Å²) < 4.78 is 0. The Morgan fingerprint density at radius 1 is 1.25 bits per heavy atom. The Bertz CT molecular complexity index is 547. The molecule has 0 bridgehead atoms. The van der Waals surface area contributed by atoms with E-state index >= 15 is 0 Å². The van der Waals surface area contributed by atoms with Gasteiger partial charge in [0.05, 0.1) is 0 Å². The van der Waals surface area contributed by atoms with Crippen LogP contribution in [0.15, 0.2) is 24.3 Å². The van der Waals surface area contributed by atoms with Crippen LogP contribution in [0.25, 0.3) is 0 Å². The number of carbonyl (C=O) groups excluding carboxylic acids is 1. The molecule has 5 nitrogen and oxygen atoms in total. The van der Waals surface area contributed by atoms with Crippen molar-refractivity contribution in [2.45, 2.75) is 24.8 Å². The number of amides is 1. The Hall–Kier alpha value is -1.88. The van der Waals surface area contributed by atoms with Crippen molar-refractivity contribution in [3.63, 3.8) is 0 Å². The standard InChI is InChI=1S/C15H18N2O3/c16-15(14(19)20)5-6-17(9-15)13(18)12-7-10-3-1-2-4-11(10)8-12/h1-4,12H,5-9,16H2,(H,19,20). The van der Waals surface area contributed by atoms with Crippen LogP contribution in [0.1, 0.15) is 17.5 Å². The number of carbonyl (C=O) groups is 2. The molecular weight excluding hydrogens is 256 g/mol. The van der Waals surface area contributed by atoms with Gasteiger partial charge in [0.1, 0.15) is 5.54 Å². The van der Waals surface area contributed by atoms with E-state index in [9.17, 15) is 9.59 Å². The number of aliphatic carboxylic acids is 1. The first-order valence-corrected chi connectivity index (χ1v) is 6.87. The Balaban J connectivity index is 1.69. The largest absolute Gasteiger partial charge is 0.480 e. The molecule has 1 saturated heterocycles. The van der Waals surface area contributed by atoms with Gasteiger partial charge in [-0.3, -0.25) is 9.59 Å². The second kappa shape index (κ2) is 4.59. The van der Waals surface area contributed by atoms with Crippen molar-refractivity contribution in [3.8, 4) is 0 Å². The van der Waals surface area contributed by atoms with E-state index in [1.54, 1.807) is 4.90 Å². The van der Waals surface area contributed by atoms with Crippen LogP contribution < -0.4 is 5.73 Å². The number of benzene rings is 1. The molecule has 1 aliphatic heterocycles. The molecule has 3 rings (SSSR count). The summed E-state index contributed by atoms with van der Waals surface area (Å²) in [6, 6.07) is 8.07. The lowest BCUT2D eigenvalue weighted by Crippen LogP contribution is -2.51. The highest BCUT2D eigenvalue weighted by Crippen LogP contribution is 2.30. The molecule has 3 N–H and O–H groups in total. The van der Waals surface area contributed by atoms with E-state index in [-0.39, 0.29) is 18.4 Å². The number of hydrogen-bond acceptors (Lipinski definition) is 3. The molecule has 2 aliphatic rings. The molecule has 1 heterocycles. The van der Waals surface area contributed by atoms with Crippen LogP contribution in [0.3, 0.4) is 0 Å². The van der Waals surface area contributed by atoms with Gasteiger partial charge < -0.3 is 15.7 Å². The zero-order valence-electron chi connectivity index (χ0n) is 11.2. The average molecular weight is 274 g/mol. The molecule has 0 radical (unpaired) electrons. The van der Waals surface area contributed by atoms with Crippen LogP contribution in [0.4, 0.5) is 0 Å². The summed E-state index contributed by atoms with van der Waals surface area (Å²) in [7, 11) is 0. The van der Waals surface area contributed by atoms with Gasteiger partial charge in [0.15, 0.2) is 0 Å². The number of carboxylic acids is 1. The summed E-state index contributed by atoms with van der Waals surface area (Å²) in [4.78, 5) is 25.2. The molecule has 1 aliphatic carbocycles. The number of fused-ring (bicyclic) bond motifs is 1. The summed E-state index contributed by atoms with van der Waals surface area (Å²) in [6.45, 7) is 0.558. The molecule has 5 heteroatoms. The van der Waals surface area contributed by atoms with E-state index in [1.165, 1.54) is 11.1 Å². The summed E-state index contributed by atoms with van der Waals surface area (Å²) in [6.07, 6.45) is 1.82. The molecule has 0 saturated carbocycles. The fourth-order valence-electron chi connectivity index (χ4n) is 3.19. The van der Waals surface area contributed by atoms with Crippen molar-refractivity contribution >= 4 is 11.9 Å². The predicted octanol–water partition coefficient (Wildman–Crippen LogP) is 0.416. The third kappa shape index (κ3) is 2.08. The second-order valence-corrected chi connectivity index (χ2v) is 5.84. The van der Waals surface area contributed by atoms with Gasteiger partial charge in [-0.05, 0) is 30.4 Å². The molecule has 1 amide bonds. The molecule has 1 unspecified atom stereocenters. The van der Waals surface area contributed by atoms with E-state index in [0.717, 1.165) is 12.8 Å². The highest BCUT2D eigenvalue weighted by atomic mass is 16.4. The van der Waals surface area contributed by atoms with E-state index in [1.807, 2.05) is 12.1 Å². The average Bonchev–Trinajstić information content (AvgIpc) is 3.02. The molecule has 0 spiro atoms. The van der Waals surface area contributed by atoms with Gasteiger partial charge in [-0.25, -0.2) is 0 Å². The molecule has 106 valence electrons. The van der Waals surface area contributed by atoms with Gasteiger partial charge in [-0.1, -0.05) is 24.3 Å². The van der Waals surface area contributed by atoms with Gasteiger partial charge in [0.2, 0.25) is 5.91 Å². The van der Waals surface area contributed by atoms with Gasteiger partial charge in [-0.2, -0.15) is 0 Å². The molecule has 1 aromatic carbocycles. The van der Waals surface area contributed by atoms with E-state index < -0.39 is 11.5 Å². The SMILES string of the molecule is NC1(C(=O)O)CCN(C(=O)C2Cc3ccccc3C2)C1. The minimum Gasteiger partial charge on any atom is -0.480 e. The van der Waals surface area contributed by atoms with Gasteiger partial charge in [-0.15, -0.1) is 0 Å². The van der Waals surface area contributed by atoms with Crippen molar-refractivity contribution in [2.75, 3.05) is 13.1 Å². The quantitative estimate of drug-likeness (QED) is 0.818. The van der Waals surface area contributed by atoms with Crippen LogP contribution >= 0.6 is 0 Å². The summed E-state index contributed by atoms with van der Waals surface area (Å²) >= 11 is 0. The summed E-state index contributed by atoms with van der Waals surface area (Å²) in [5.41, 5.74) is 6.99. The number of nitrogens with two attached hydrogens (primary N) is 1. The van der Waals surface area contributed by atoms with Crippen LogP contribution in [-0.2, 0) is 22.4 Å². The van der Waals surface area contributed by atoms with E-state index in [2.05, 4.69) is 12.1 Å². The molecule has 1 fully saturated rings. The Kier molecular flexibility index (Phi) is 3.01. The molecular formula is C15H18N2O3. The second-order valence-electron chi connectivity index (χ2n) is 5.84. The smallest absolute Gasteiger partial charge is 0.325 e. The maximum atomic E-state index is 12.5. The van der Waals surface area contributed by atoms with Crippen molar-refractivity contribution in [1.82, 2.24) is 4.90 Å². The number of nitrogens with zero attached hydrogens (tertiary/aromatic N) is 1. The number of carboxylic acid groups (broad SMARTS) is 1. The minimum atomic E-state index is -1.28. The highest BCUT2D eigenvalue weighted by Gasteiger charge is 2.44. The number of hydrogen-bond donors (Lipinski definition) is 2. The summed E-state index contributed by atoms with van der Waals surface area (Å²) in [5.74, 6) is -1.05. The maximum absolute atomic E-state index is 12.5. The number of rotatable bonds is 2. The van der Waals surface area contributed by atoms with Crippen molar-refractivity contribution in [2.24, 2.45) is 11.7 Å². The first-order chi connectivity index (χ1) is 9.49. The molecule has 1 atom stereocenters. The van der Waals surface area contributed by atoms with Crippen molar-refractivity contribution in [3.05, 3.63) is 35.4 Å². The molecule has 20 heavy (non-hydrogen) atoms. The Morgan fingerprint density at radius 3 is 2.35 bits per heavy atom. The lowest BCUT2D eigenvalue weighted by Gasteiger charge is -2.22. The normalized spacial score (nSPS) is 25.8. The first kappa shape index (κ1) is 13.1. The van der Waals surface area contributed by atoms with E-state index in [4.69, 9.17) is 10.8 Å². The highest BCUT2D eigenvalue weighted by molar-refractivity contribution is 5.84. The zero-order valence-corrected chi connectivity index (χ0v) is 11.2. The molecule has 1 aromatic rings. The van der Waals surface area contributed by atoms with Crippen LogP contribution in [0.5, 0.6) is 0 Å². The van der Waals surface area contributed by atoms with E-state index in [0.29, 0.717) is 13.0 Å². The van der Waals surface area contributed by atoms with Crippen LogP contribution in [-0.4, -0.2) is 40.5 Å². The minimum absolute atomic E-state index is 0.0368. The topological polar surface area (TPSA) is 83.6 Å². The zero-order chi connectivity index (χ0) is 14.3. The van der Waals surface area contributed by atoms with Gasteiger partial charge in [0, 0.05) is 19.0 Å². The Morgan fingerprint density at radius 2 is 1.85 bits per heavy atom. The third-order valence-corrected chi connectivity index (χ3v) is 4.44. The van der Waals surface area contributed by atoms with Crippen molar-refractivity contribution in [1.29, 1.82) is 0 Å². The monoisotopic (exact) mass is 274 g/mol. The summed E-state index contributed by atoms with van der Waals surface area (Å²) in [5, 5.41) is 9.12. The van der Waals surface area contributed by atoms with Gasteiger partial charge in [0.25, 0.3) is 0 Å². The fourth-order valence-corrected chi connectivity index (χ4v) is 3.19. The predicted molar refractivity (Wildman–Crippen MR) is 73.1 cm³/mol. The van der Waals surface area contributed by atoms with Crippen molar-refractivity contribution < 1.29 is 14.7 Å². The van der Waals surface area contributed by atoms with Crippen LogP contribution in [0.2, 0.25) is 0 Å². The number of likely N-dealkylation sites (tertiary alicyclic amines) is 1. The fraction of sp³-hybridized carbons (Fsp3) is 0.467. The third-order valence-electron chi connectivity index (χ3n) is 4.44.